The van der Waals surface area contributed by atoms with E-state index in [0.717, 1.165) is 6.07 Å². The Morgan fingerprint density at radius 3 is 2.19 bits per heavy atom. The summed E-state index contributed by atoms with van der Waals surface area (Å²) in [7, 11) is 0. The number of nitrogens with zero attached hydrogens (tertiary/aromatic N) is 1. The molecule has 21 heavy (non-hydrogen) atoms. The Balaban J connectivity index is 0.00000200. The molecule has 0 bridgehead atoms. The number of hydrogen-bond donors (Lipinski definition) is 1. The van der Waals surface area contributed by atoms with Crippen LogP contribution in [0.15, 0.2) is 22.7 Å². The minimum absolute atomic E-state index is 0. The number of halogens is 7. The first-order valence-corrected chi connectivity index (χ1v) is 6.66. The smallest absolute Gasteiger partial charge is 0.314 e. The average molecular weight is 414 g/mol. The molecule has 2 rings (SSSR count). The van der Waals surface area contributed by atoms with Gasteiger partial charge in [-0.3, -0.25) is 4.90 Å². The molecule has 122 valence electrons. The van der Waals surface area contributed by atoms with Crippen LogP contribution in [-0.4, -0.2) is 37.3 Å². The molecule has 1 aliphatic heterocycles. The summed E-state index contributed by atoms with van der Waals surface area (Å²) in [5, 5.41) is 2.99. The van der Waals surface area contributed by atoms with Crippen molar-refractivity contribution in [2.75, 3.05) is 26.2 Å². The number of benzene rings is 1. The number of rotatable bonds is 2. The van der Waals surface area contributed by atoms with Gasteiger partial charge in [-0.2, -0.15) is 13.2 Å². The Kier molecular flexibility index (Phi) is 8.49. The second-order valence-corrected chi connectivity index (χ2v) is 5.22. The van der Waals surface area contributed by atoms with Crippen LogP contribution in [0.4, 0.5) is 17.6 Å². The zero-order valence-electron chi connectivity index (χ0n) is 10.8. The second kappa shape index (κ2) is 8.53. The van der Waals surface area contributed by atoms with E-state index in [2.05, 4.69) is 21.2 Å². The van der Waals surface area contributed by atoms with Gasteiger partial charge in [0.05, 0.1) is 0 Å². The van der Waals surface area contributed by atoms with Crippen LogP contribution >= 0.6 is 40.7 Å². The number of alkyl halides is 3. The summed E-state index contributed by atoms with van der Waals surface area (Å²) in [6, 6.07) is 1.96. The lowest BCUT2D eigenvalue weighted by atomic mass is 10.0. The highest BCUT2D eigenvalue weighted by Crippen LogP contribution is 2.41. The molecule has 1 heterocycles. The lowest BCUT2D eigenvalue weighted by Crippen LogP contribution is -2.49. The van der Waals surface area contributed by atoms with Gasteiger partial charge in [-0.1, -0.05) is 22.0 Å². The molecular weight excluding hydrogens is 399 g/mol. The van der Waals surface area contributed by atoms with Crippen molar-refractivity contribution in [3.8, 4) is 0 Å². The quantitative estimate of drug-likeness (QED) is 0.738. The molecule has 0 spiro atoms. The van der Waals surface area contributed by atoms with E-state index in [1.165, 1.54) is 17.0 Å². The van der Waals surface area contributed by atoms with Crippen LogP contribution in [0.5, 0.6) is 0 Å². The molecule has 0 saturated carbocycles. The molecule has 1 atom stereocenters. The van der Waals surface area contributed by atoms with Crippen molar-refractivity contribution in [3.05, 3.63) is 34.1 Å². The molecule has 0 unspecified atom stereocenters. The molecule has 1 saturated heterocycles. The van der Waals surface area contributed by atoms with E-state index in [1.807, 2.05) is 0 Å². The molecule has 9 heteroatoms. The number of piperazine rings is 1. The van der Waals surface area contributed by atoms with Crippen LogP contribution in [0, 0.1) is 5.82 Å². The first kappa shape index (κ1) is 20.9. The monoisotopic (exact) mass is 412 g/mol. The predicted octanol–water partition coefficient (Wildman–Crippen LogP) is 3.94. The van der Waals surface area contributed by atoms with E-state index in [0.29, 0.717) is 13.1 Å². The van der Waals surface area contributed by atoms with E-state index in [1.54, 1.807) is 0 Å². The third kappa shape index (κ3) is 4.96. The van der Waals surface area contributed by atoms with Crippen LogP contribution in [0.2, 0.25) is 0 Å². The summed E-state index contributed by atoms with van der Waals surface area (Å²) in [5.74, 6) is -0.838. The van der Waals surface area contributed by atoms with Crippen molar-refractivity contribution in [1.29, 1.82) is 0 Å². The summed E-state index contributed by atoms with van der Waals surface area (Å²) in [6.45, 7) is 1.42. The maximum absolute atomic E-state index is 13.8. The van der Waals surface area contributed by atoms with Crippen molar-refractivity contribution < 1.29 is 17.6 Å². The van der Waals surface area contributed by atoms with Gasteiger partial charge in [0.2, 0.25) is 0 Å². The van der Waals surface area contributed by atoms with Gasteiger partial charge in [-0.05, 0) is 12.1 Å². The second-order valence-electron chi connectivity index (χ2n) is 4.37. The fourth-order valence-corrected chi connectivity index (χ4v) is 2.82. The first-order chi connectivity index (χ1) is 8.91. The number of hydrogen-bond acceptors (Lipinski definition) is 2. The fourth-order valence-electron chi connectivity index (χ4n) is 2.27. The van der Waals surface area contributed by atoms with Gasteiger partial charge in [0.1, 0.15) is 11.9 Å². The minimum Gasteiger partial charge on any atom is -0.314 e. The lowest BCUT2D eigenvalue weighted by molar-refractivity contribution is -0.188. The van der Waals surface area contributed by atoms with Gasteiger partial charge < -0.3 is 5.32 Å². The Labute approximate surface area is 141 Å². The summed E-state index contributed by atoms with van der Waals surface area (Å²) in [6.07, 6.45) is -4.51. The third-order valence-electron chi connectivity index (χ3n) is 3.10. The molecule has 1 aromatic carbocycles. The predicted molar refractivity (Wildman–Crippen MR) is 81.8 cm³/mol. The molecular formula is C12H15BrCl2F4N2. The highest BCUT2D eigenvalue weighted by molar-refractivity contribution is 9.10. The highest BCUT2D eigenvalue weighted by atomic mass is 79.9. The molecule has 0 aliphatic carbocycles. The van der Waals surface area contributed by atoms with Gasteiger partial charge in [0.25, 0.3) is 0 Å². The molecule has 1 N–H and O–H groups in total. The molecule has 0 aromatic heterocycles. The van der Waals surface area contributed by atoms with Crippen molar-refractivity contribution in [3.63, 3.8) is 0 Å². The number of nitrogens with one attached hydrogen (secondary N) is 1. The van der Waals surface area contributed by atoms with E-state index in [9.17, 15) is 17.6 Å². The van der Waals surface area contributed by atoms with Crippen LogP contribution < -0.4 is 5.32 Å². The summed E-state index contributed by atoms with van der Waals surface area (Å²) in [5.41, 5.74) is -0.336. The zero-order valence-corrected chi connectivity index (χ0v) is 14.0. The first-order valence-electron chi connectivity index (χ1n) is 5.86. The largest absolute Gasteiger partial charge is 0.408 e. The SMILES string of the molecule is Cl.Cl.Fc1cccc(Br)c1[C@@H](N1CCNCC1)C(F)(F)F. The van der Waals surface area contributed by atoms with E-state index in [4.69, 9.17) is 0 Å². The van der Waals surface area contributed by atoms with Crippen molar-refractivity contribution >= 4 is 40.7 Å². The summed E-state index contributed by atoms with van der Waals surface area (Å²) in [4.78, 5) is 1.26. The Morgan fingerprint density at radius 1 is 1.14 bits per heavy atom. The van der Waals surface area contributed by atoms with E-state index in [-0.39, 0.29) is 47.9 Å². The molecule has 2 nitrogen and oxygen atoms in total. The van der Waals surface area contributed by atoms with Gasteiger partial charge in [0, 0.05) is 36.2 Å². The van der Waals surface area contributed by atoms with Crippen molar-refractivity contribution in [2.24, 2.45) is 0 Å². The lowest BCUT2D eigenvalue weighted by Gasteiger charge is -2.36. The van der Waals surface area contributed by atoms with Crippen LogP contribution in [0.1, 0.15) is 11.6 Å². The molecule has 0 amide bonds. The maximum atomic E-state index is 13.8. The van der Waals surface area contributed by atoms with Crippen LogP contribution in [0.3, 0.4) is 0 Å². The summed E-state index contributed by atoms with van der Waals surface area (Å²) < 4.78 is 53.9. The topological polar surface area (TPSA) is 15.3 Å². The van der Waals surface area contributed by atoms with E-state index >= 15 is 0 Å². The van der Waals surface area contributed by atoms with Gasteiger partial charge in [0.15, 0.2) is 0 Å². The maximum Gasteiger partial charge on any atom is 0.408 e. The fraction of sp³-hybridized carbons (Fsp3) is 0.500. The van der Waals surface area contributed by atoms with Gasteiger partial charge in [-0.25, -0.2) is 4.39 Å². The van der Waals surface area contributed by atoms with Gasteiger partial charge in [-0.15, -0.1) is 24.8 Å². The molecule has 0 radical (unpaired) electrons. The summed E-state index contributed by atoms with van der Waals surface area (Å²) >= 11 is 3.02. The average Bonchev–Trinajstić information content (AvgIpc) is 2.33. The van der Waals surface area contributed by atoms with Crippen LogP contribution in [-0.2, 0) is 0 Å². The highest BCUT2D eigenvalue weighted by Gasteiger charge is 2.46. The standard InChI is InChI=1S/C12H13BrF4N2.2ClH/c13-8-2-1-3-9(14)10(8)11(12(15,16)17)19-6-4-18-5-7-19;;/h1-3,11,18H,4-7H2;2*1H/t11-;;/m1../s1. The third-order valence-corrected chi connectivity index (χ3v) is 3.79. The molecule has 1 fully saturated rings. The van der Waals surface area contributed by atoms with Crippen molar-refractivity contribution in [1.82, 2.24) is 10.2 Å². The normalized spacial score (nSPS) is 17.6. The Morgan fingerprint density at radius 2 is 1.71 bits per heavy atom. The molecule has 1 aromatic rings. The molecule has 1 aliphatic rings. The zero-order chi connectivity index (χ0) is 14.0. The minimum atomic E-state index is -4.51. The van der Waals surface area contributed by atoms with Crippen LogP contribution in [0.25, 0.3) is 0 Å². The van der Waals surface area contributed by atoms with Crippen molar-refractivity contribution in [2.45, 2.75) is 12.2 Å². The van der Waals surface area contributed by atoms with Gasteiger partial charge >= 0.3 is 6.18 Å². The Bertz CT molecular complexity index is 433. The Hall–Kier alpha value is -0.0800. The van der Waals surface area contributed by atoms with E-state index < -0.39 is 18.0 Å².